The van der Waals surface area contributed by atoms with Gasteiger partial charge < -0.3 is 10.1 Å². The van der Waals surface area contributed by atoms with Gasteiger partial charge in [0, 0.05) is 18.7 Å². The molecule has 1 N–H and O–H groups in total. The number of anilines is 1. The fraction of sp³-hybridized carbons (Fsp3) is 0.733. The van der Waals surface area contributed by atoms with Crippen molar-refractivity contribution < 1.29 is 4.74 Å². The molecule has 0 amide bonds. The summed E-state index contributed by atoms with van der Waals surface area (Å²) in [7, 11) is 0. The number of hydrogen-bond acceptors (Lipinski definition) is 4. The molecule has 1 aliphatic carbocycles. The summed E-state index contributed by atoms with van der Waals surface area (Å²) < 4.78 is 5.65. The molecule has 0 radical (unpaired) electrons. The van der Waals surface area contributed by atoms with Crippen LogP contribution in [-0.2, 0) is 4.74 Å². The molecule has 1 unspecified atom stereocenters. The summed E-state index contributed by atoms with van der Waals surface area (Å²) in [5.74, 6) is 1.58. The van der Waals surface area contributed by atoms with Crippen LogP contribution >= 0.6 is 11.6 Å². The lowest BCUT2D eigenvalue weighted by Crippen LogP contribution is -2.20. The van der Waals surface area contributed by atoms with Crippen molar-refractivity contribution in [1.82, 2.24) is 9.97 Å². The van der Waals surface area contributed by atoms with Crippen LogP contribution in [0.4, 0.5) is 5.82 Å². The van der Waals surface area contributed by atoms with E-state index in [2.05, 4.69) is 15.3 Å². The Morgan fingerprint density at radius 2 is 1.85 bits per heavy atom. The maximum Gasteiger partial charge on any atom is 0.161 e. The fourth-order valence-electron chi connectivity index (χ4n) is 3.07. The van der Waals surface area contributed by atoms with Crippen molar-refractivity contribution in [2.75, 3.05) is 11.9 Å². The number of rotatable bonds is 3. The predicted molar refractivity (Wildman–Crippen MR) is 80.1 cm³/mol. The maximum atomic E-state index is 6.13. The van der Waals surface area contributed by atoms with Crippen molar-refractivity contribution in [1.29, 1.82) is 0 Å². The zero-order valence-electron chi connectivity index (χ0n) is 11.8. The summed E-state index contributed by atoms with van der Waals surface area (Å²) in [4.78, 5) is 8.93. The van der Waals surface area contributed by atoms with Crippen molar-refractivity contribution in [2.45, 2.75) is 63.5 Å². The Morgan fingerprint density at radius 3 is 2.55 bits per heavy atom. The molecule has 110 valence electrons. The number of nitrogens with zero attached hydrogens (tertiary/aromatic N) is 2. The minimum atomic E-state index is 0.0170. The monoisotopic (exact) mass is 295 g/mol. The highest BCUT2D eigenvalue weighted by molar-refractivity contribution is 6.29. The van der Waals surface area contributed by atoms with Gasteiger partial charge in [-0.25, -0.2) is 9.97 Å². The van der Waals surface area contributed by atoms with Crippen LogP contribution in [0.5, 0.6) is 0 Å². The van der Waals surface area contributed by atoms with E-state index in [1.807, 2.05) is 6.07 Å². The molecule has 0 spiro atoms. The second kappa shape index (κ2) is 6.72. The van der Waals surface area contributed by atoms with Gasteiger partial charge >= 0.3 is 0 Å². The second-order valence-electron chi connectivity index (χ2n) is 5.77. The minimum absolute atomic E-state index is 0.0170. The van der Waals surface area contributed by atoms with E-state index in [9.17, 15) is 0 Å². The van der Waals surface area contributed by atoms with E-state index in [0.29, 0.717) is 11.2 Å². The topological polar surface area (TPSA) is 47.0 Å². The SMILES string of the molecule is Clc1cc(NC2CCCCCC2)nc(C2CCCO2)n1. The molecular formula is C15H22ClN3O. The highest BCUT2D eigenvalue weighted by Crippen LogP contribution is 2.28. The van der Waals surface area contributed by atoms with Gasteiger partial charge in [-0.2, -0.15) is 0 Å². The third-order valence-corrected chi connectivity index (χ3v) is 4.33. The van der Waals surface area contributed by atoms with Crippen LogP contribution < -0.4 is 5.32 Å². The summed E-state index contributed by atoms with van der Waals surface area (Å²) in [5, 5.41) is 4.04. The van der Waals surface area contributed by atoms with Gasteiger partial charge in [-0.1, -0.05) is 37.3 Å². The molecule has 1 aromatic heterocycles. The van der Waals surface area contributed by atoms with Crippen LogP contribution in [0, 0.1) is 0 Å². The molecule has 1 saturated carbocycles. The molecule has 1 aromatic rings. The van der Waals surface area contributed by atoms with Crippen molar-refractivity contribution in [2.24, 2.45) is 0 Å². The lowest BCUT2D eigenvalue weighted by molar-refractivity contribution is 0.105. The van der Waals surface area contributed by atoms with Crippen LogP contribution in [0.2, 0.25) is 5.15 Å². The zero-order chi connectivity index (χ0) is 13.8. The van der Waals surface area contributed by atoms with Crippen LogP contribution in [-0.4, -0.2) is 22.6 Å². The van der Waals surface area contributed by atoms with E-state index in [-0.39, 0.29) is 6.10 Å². The first-order chi connectivity index (χ1) is 9.81. The molecule has 0 bridgehead atoms. The largest absolute Gasteiger partial charge is 0.370 e. The van der Waals surface area contributed by atoms with E-state index in [4.69, 9.17) is 16.3 Å². The smallest absolute Gasteiger partial charge is 0.161 e. The molecule has 2 heterocycles. The molecule has 5 heteroatoms. The molecule has 1 aliphatic heterocycles. The summed E-state index contributed by atoms with van der Waals surface area (Å²) in [6.45, 7) is 0.798. The third kappa shape index (κ3) is 3.61. The molecule has 20 heavy (non-hydrogen) atoms. The molecule has 2 fully saturated rings. The minimum Gasteiger partial charge on any atom is -0.370 e. The van der Waals surface area contributed by atoms with Gasteiger partial charge in [0.25, 0.3) is 0 Å². The fourth-order valence-corrected chi connectivity index (χ4v) is 3.26. The first kappa shape index (κ1) is 14.1. The Hall–Kier alpha value is -0.870. The average molecular weight is 296 g/mol. The first-order valence-corrected chi connectivity index (χ1v) is 8.12. The van der Waals surface area contributed by atoms with E-state index in [0.717, 1.165) is 31.1 Å². The predicted octanol–water partition coefficient (Wildman–Crippen LogP) is 4.12. The maximum absolute atomic E-state index is 6.13. The van der Waals surface area contributed by atoms with Gasteiger partial charge in [0.2, 0.25) is 0 Å². The van der Waals surface area contributed by atoms with Crippen LogP contribution in [0.1, 0.15) is 63.3 Å². The number of ether oxygens (including phenoxy) is 1. The van der Waals surface area contributed by atoms with Crippen molar-refractivity contribution in [3.63, 3.8) is 0 Å². The highest BCUT2D eigenvalue weighted by atomic mass is 35.5. The van der Waals surface area contributed by atoms with Gasteiger partial charge in [0.1, 0.15) is 17.1 Å². The number of halogens is 1. The van der Waals surface area contributed by atoms with E-state index < -0.39 is 0 Å². The van der Waals surface area contributed by atoms with E-state index in [1.54, 1.807) is 0 Å². The van der Waals surface area contributed by atoms with Crippen molar-refractivity contribution in [3.05, 3.63) is 17.0 Å². The Labute approximate surface area is 125 Å². The van der Waals surface area contributed by atoms with Crippen LogP contribution in [0.3, 0.4) is 0 Å². The highest BCUT2D eigenvalue weighted by Gasteiger charge is 2.22. The molecule has 4 nitrogen and oxygen atoms in total. The molecule has 0 aromatic carbocycles. The molecular weight excluding hydrogens is 274 g/mol. The second-order valence-corrected chi connectivity index (χ2v) is 6.16. The Kier molecular flexibility index (Phi) is 4.73. The van der Waals surface area contributed by atoms with Crippen molar-refractivity contribution >= 4 is 17.4 Å². The summed E-state index contributed by atoms with van der Waals surface area (Å²) in [6.07, 6.45) is 9.82. The lowest BCUT2D eigenvalue weighted by Gasteiger charge is -2.18. The first-order valence-electron chi connectivity index (χ1n) is 7.74. The lowest BCUT2D eigenvalue weighted by atomic mass is 10.1. The Balaban J connectivity index is 1.71. The van der Waals surface area contributed by atoms with Gasteiger partial charge in [0.15, 0.2) is 5.82 Å². The van der Waals surface area contributed by atoms with Gasteiger partial charge in [0.05, 0.1) is 0 Å². The van der Waals surface area contributed by atoms with E-state index in [1.165, 1.54) is 38.5 Å². The summed E-state index contributed by atoms with van der Waals surface area (Å²) >= 11 is 6.13. The summed E-state index contributed by atoms with van der Waals surface area (Å²) in [5.41, 5.74) is 0. The molecule has 2 aliphatic rings. The average Bonchev–Trinajstić information content (AvgIpc) is 2.85. The number of hydrogen-bond donors (Lipinski definition) is 1. The number of nitrogens with one attached hydrogen (secondary N) is 1. The Morgan fingerprint density at radius 1 is 1.05 bits per heavy atom. The molecule has 1 saturated heterocycles. The zero-order valence-corrected chi connectivity index (χ0v) is 12.5. The standard InChI is InChI=1S/C15H22ClN3O/c16-13-10-14(17-11-6-3-1-2-4-7-11)19-15(18-13)12-8-5-9-20-12/h10-12H,1-9H2,(H,17,18,19). The van der Waals surface area contributed by atoms with Gasteiger partial charge in [-0.3, -0.25) is 0 Å². The molecule has 3 rings (SSSR count). The van der Waals surface area contributed by atoms with Crippen molar-refractivity contribution in [3.8, 4) is 0 Å². The third-order valence-electron chi connectivity index (χ3n) is 4.14. The van der Waals surface area contributed by atoms with E-state index >= 15 is 0 Å². The Bertz CT molecular complexity index is 441. The van der Waals surface area contributed by atoms with Crippen LogP contribution in [0.25, 0.3) is 0 Å². The molecule has 1 atom stereocenters. The normalized spacial score (nSPS) is 24.6. The number of aromatic nitrogens is 2. The summed E-state index contributed by atoms with van der Waals surface area (Å²) in [6, 6.07) is 2.34. The van der Waals surface area contributed by atoms with Crippen LogP contribution in [0.15, 0.2) is 6.07 Å². The van der Waals surface area contributed by atoms with Gasteiger partial charge in [-0.05, 0) is 25.7 Å². The quantitative estimate of drug-likeness (QED) is 0.673. The van der Waals surface area contributed by atoms with Gasteiger partial charge in [-0.15, -0.1) is 0 Å².